The summed E-state index contributed by atoms with van der Waals surface area (Å²) in [7, 11) is 0. The van der Waals surface area contributed by atoms with Crippen LogP contribution in [0.1, 0.15) is 35.7 Å². The lowest BCUT2D eigenvalue weighted by atomic mass is 9.74. The van der Waals surface area contributed by atoms with E-state index in [0.717, 1.165) is 5.69 Å². The fourth-order valence-corrected chi connectivity index (χ4v) is 2.57. The molecule has 0 aliphatic heterocycles. The van der Waals surface area contributed by atoms with Gasteiger partial charge in [-0.05, 0) is 19.1 Å². The average Bonchev–Trinajstić information content (AvgIpc) is 2.79. The normalized spacial score (nSPS) is 18.6. The zero-order chi connectivity index (χ0) is 15.0. The van der Waals surface area contributed by atoms with Crippen LogP contribution in [0.25, 0.3) is 0 Å². The average molecular weight is 283 g/mol. The summed E-state index contributed by atoms with van der Waals surface area (Å²) in [6, 6.07) is 9.57. The Balaban J connectivity index is 1.97. The molecule has 0 bridgehead atoms. The quantitative estimate of drug-likeness (QED) is 0.859. The third kappa shape index (κ3) is 2.35. The van der Waals surface area contributed by atoms with E-state index in [1.165, 1.54) is 0 Å². The molecule has 2 aromatic rings. The minimum atomic E-state index is -0.391. The molecule has 0 unspecified atom stereocenters. The first-order valence-electron chi connectivity index (χ1n) is 6.88. The molecule has 0 saturated carbocycles. The number of para-hydroxylation sites is 1. The van der Waals surface area contributed by atoms with Gasteiger partial charge >= 0.3 is 0 Å². The van der Waals surface area contributed by atoms with Crippen LogP contribution in [0.4, 0.5) is 5.69 Å². The smallest absolute Gasteiger partial charge is 0.215 e. The first kappa shape index (κ1) is 13.5. The van der Waals surface area contributed by atoms with E-state index in [0.29, 0.717) is 29.2 Å². The maximum absolute atomic E-state index is 12.7. The molecule has 1 heterocycles. The Kier molecular flexibility index (Phi) is 3.12. The highest BCUT2D eigenvalue weighted by Gasteiger charge is 2.41. The third-order valence-electron chi connectivity index (χ3n) is 3.69. The van der Waals surface area contributed by atoms with E-state index in [2.05, 4.69) is 15.7 Å². The van der Waals surface area contributed by atoms with Crippen molar-refractivity contribution in [3.05, 3.63) is 47.3 Å². The molecule has 1 aliphatic rings. The number of aryl methyl sites for hydroxylation is 1. The van der Waals surface area contributed by atoms with Gasteiger partial charge < -0.3 is 4.52 Å². The van der Waals surface area contributed by atoms with Crippen LogP contribution in [0.2, 0.25) is 0 Å². The number of carbonyl (C=O) groups excluding carboxylic acids is 1. The molecule has 0 radical (unpaired) electrons. The van der Waals surface area contributed by atoms with Crippen LogP contribution in [0.5, 0.6) is 0 Å². The van der Waals surface area contributed by atoms with Crippen LogP contribution in [0.3, 0.4) is 0 Å². The number of Topliss-reactive ketones (excluding diaryl/α,β-unsaturated/α-hetero) is 1. The summed E-state index contributed by atoms with van der Waals surface area (Å²) in [6.45, 7) is 5.75. The second-order valence-corrected chi connectivity index (χ2v) is 5.89. The molecular weight excluding hydrogens is 266 g/mol. The number of hydrogen-bond acceptors (Lipinski definition) is 5. The number of nitrogens with one attached hydrogen (secondary N) is 1. The maximum Gasteiger partial charge on any atom is 0.215 e. The van der Waals surface area contributed by atoms with Crippen molar-refractivity contribution in [1.82, 2.24) is 5.16 Å². The second kappa shape index (κ2) is 4.84. The van der Waals surface area contributed by atoms with Crippen LogP contribution in [0, 0.1) is 12.3 Å². The van der Waals surface area contributed by atoms with Gasteiger partial charge in [0.2, 0.25) is 5.78 Å². The summed E-state index contributed by atoms with van der Waals surface area (Å²) in [5.41, 5.74) is 5.10. The molecule has 0 amide bonds. The predicted octanol–water partition coefficient (Wildman–Crippen LogP) is 3.22. The Bertz CT molecular complexity index is 714. The van der Waals surface area contributed by atoms with Crippen molar-refractivity contribution >= 4 is 17.2 Å². The summed E-state index contributed by atoms with van der Waals surface area (Å²) in [5, 5.41) is 8.25. The Labute approximate surface area is 123 Å². The van der Waals surface area contributed by atoms with Gasteiger partial charge in [-0.1, -0.05) is 37.2 Å². The lowest BCUT2D eigenvalue weighted by molar-refractivity contribution is 0.104. The highest BCUT2D eigenvalue weighted by molar-refractivity contribution is 6.48. The molecule has 1 aromatic heterocycles. The molecule has 1 aromatic carbocycles. The van der Waals surface area contributed by atoms with E-state index in [4.69, 9.17) is 4.52 Å². The van der Waals surface area contributed by atoms with E-state index in [9.17, 15) is 4.79 Å². The molecule has 1 aliphatic carbocycles. The summed E-state index contributed by atoms with van der Waals surface area (Å²) >= 11 is 0. The van der Waals surface area contributed by atoms with Crippen molar-refractivity contribution in [2.45, 2.75) is 27.2 Å². The first-order valence-corrected chi connectivity index (χ1v) is 6.88. The lowest BCUT2D eigenvalue weighted by Crippen LogP contribution is -2.39. The van der Waals surface area contributed by atoms with Crippen molar-refractivity contribution in [1.29, 1.82) is 0 Å². The topological polar surface area (TPSA) is 67.5 Å². The molecule has 5 heteroatoms. The fraction of sp³-hybridized carbons (Fsp3) is 0.312. The van der Waals surface area contributed by atoms with Gasteiger partial charge in [0, 0.05) is 11.8 Å². The minimum Gasteiger partial charge on any atom is -0.360 e. The Morgan fingerprint density at radius 1 is 1.29 bits per heavy atom. The molecule has 5 nitrogen and oxygen atoms in total. The molecule has 0 saturated heterocycles. The molecule has 0 atom stereocenters. The van der Waals surface area contributed by atoms with Crippen LogP contribution in [-0.4, -0.2) is 16.7 Å². The summed E-state index contributed by atoms with van der Waals surface area (Å²) < 4.78 is 5.26. The van der Waals surface area contributed by atoms with Gasteiger partial charge in [-0.2, -0.15) is 5.10 Å². The number of rotatable bonds is 2. The van der Waals surface area contributed by atoms with Crippen molar-refractivity contribution < 1.29 is 9.32 Å². The van der Waals surface area contributed by atoms with Crippen molar-refractivity contribution in [2.75, 3.05) is 5.43 Å². The van der Waals surface area contributed by atoms with Crippen LogP contribution in [0.15, 0.2) is 40.0 Å². The molecule has 108 valence electrons. The van der Waals surface area contributed by atoms with Crippen molar-refractivity contribution in [3.63, 3.8) is 0 Å². The van der Waals surface area contributed by atoms with Gasteiger partial charge in [0.25, 0.3) is 0 Å². The van der Waals surface area contributed by atoms with Gasteiger partial charge in [-0.25, -0.2) is 0 Å². The zero-order valence-corrected chi connectivity index (χ0v) is 12.3. The predicted molar refractivity (Wildman–Crippen MR) is 80.6 cm³/mol. The molecule has 0 spiro atoms. The molecule has 3 rings (SSSR count). The highest BCUT2D eigenvalue weighted by atomic mass is 16.5. The van der Waals surface area contributed by atoms with Crippen LogP contribution >= 0.6 is 0 Å². The van der Waals surface area contributed by atoms with Gasteiger partial charge in [0.05, 0.1) is 16.9 Å². The minimum absolute atomic E-state index is 0.108. The number of hydrogen-bond donors (Lipinski definition) is 1. The monoisotopic (exact) mass is 283 g/mol. The molecular formula is C16H17N3O2. The van der Waals surface area contributed by atoms with E-state index in [1.807, 2.05) is 44.2 Å². The van der Waals surface area contributed by atoms with E-state index in [1.54, 1.807) is 6.92 Å². The number of anilines is 1. The number of aromatic nitrogens is 1. The molecule has 0 fully saturated rings. The summed E-state index contributed by atoms with van der Waals surface area (Å²) in [4.78, 5) is 12.7. The van der Waals surface area contributed by atoms with Gasteiger partial charge in [-0.15, -0.1) is 0 Å². The largest absolute Gasteiger partial charge is 0.360 e. The van der Waals surface area contributed by atoms with E-state index >= 15 is 0 Å². The van der Waals surface area contributed by atoms with Gasteiger partial charge in [0.15, 0.2) is 0 Å². The Morgan fingerprint density at radius 2 is 2.00 bits per heavy atom. The highest BCUT2D eigenvalue weighted by Crippen LogP contribution is 2.34. The fourth-order valence-electron chi connectivity index (χ4n) is 2.57. The lowest BCUT2D eigenvalue weighted by Gasteiger charge is -2.28. The number of fused-ring (bicyclic) bond motifs is 1. The summed E-state index contributed by atoms with van der Waals surface area (Å²) in [6.07, 6.45) is 0.615. The Hall–Kier alpha value is -2.43. The van der Waals surface area contributed by atoms with Gasteiger partial charge in [0.1, 0.15) is 11.5 Å². The SMILES string of the molecule is Cc1noc2c1C(=O)/C(=N/Nc1ccccc1)C(C)(C)C2. The van der Waals surface area contributed by atoms with Crippen molar-refractivity contribution in [2.24, 2.45) is 10.5 Å². The van der Waals surface area contributed by atoms with Crippen molar-refractivity contribution in [3.8, 4) is 0 Å². The Morgan fingerprint density at radius 3 is 2.71 bits per heavy atom. The number of nitrogens with zero attached hydrogens (tertiary/aromatic N) is 2. The number of ketones is 1. The van der Waals surface area contributed by atoms with Crippen LogP contribution < -0.4 is 5.43 Å². The number of benzene rings is 1. The first-order chi connectivity index (χ1) is 9.99. The van der Waals surface area contributed by atoms with E-state index in [-0.39, 0.29) is 5.78 Å². The van der Waals surface area contributed by atoms with E-state index < -0.39 is 5.41 Å². The second-order valence-electron chi connectivity index (χ2n) is 5.89. The molecule has 21 heavy (non-hydrogen) atoms. The summed E-state index contributed by atoms with van der Waals surface area (Å²) in [5.74, 6) is 0.546. The maximum atomic E-state index is 12.7. The van der Waals surface area contributed by atoms with Gasteiger partial charge in [-0.3, -0.25) is 10.2 Å². The standard InChI is InChI=1S/C16H17N3O2/c1-10-13-12(21-19-10)9-16(2,3)15(14(13)20)18-17-11-7-5-4-6-8-11/h4-8,17H,9H2,1-3H3/b18-15-. The number of hydrazone groups is 1. The van der Waals surface area contributed by atoms with Crippen LogP contribution in [-0.2, 0) is 6.42 Å². The molecule has 1 N–H and O–H groups in total. The zero-order valence-electron chi connectivity index (χ0n) is 12.3. The third-order valence-corrected chi connectivity index (χ3v) is 3.69. The number of carbonyl (C=O) groups is 1.